The minimum Gasteiger partial charge on any atom is -0.377 e. The van der Waals surface area contributed by atoms with Crippen molar-refractivity contribution in [3.05, 3.63) is 0 Å². The maximum absolute atomic E-state index is 5.60. The average Bonchev–Trinajstić information content (AvgIpc) is 2.38. The van der Waals surface area contributed by atoms with Crippen LogP contribution in [0.15, 0.2) is 0 Å². The number of hydrogen-bond donors (Lipinski definition) is 0. The first-order valence-electron chi connectivity index (χ1n) is 7.74. The molecule has 0 aromatic rings. The van der Waals surface area contributed by atoms with Crippen LogP contribution in [0.4, 0.5) is 0 Å². The lowest BCUT2D eigenvalue weighted by Crippen LogP contribution is -2.51. The summed E-state index contributed by atoms with van der Waals surface area (Å²) in [6.45, 7) is 3.06. The molecule has 0 aliphatic carbocycles. The minimum atomic E-state index is -2.54. The largest absolute Gasteiger partial charge is 0.500 e. The topological polar surface area (TPSA) is 37.4 Å². The van der Waals surface area contributed by atoms with Gasteiger partial charge in [-0.05, 0) is 48.7 Å². The van der Waals surface area contributed by atoms with Crippen LogP contribution >= 0.6 is 0 Å². The number of rotatable bonds is 12. The lowest BCUT2D eigenvalue weighted by Gasteiger charge is -2.41. The summed E-state index contributed by atoms with van der Waals surface area (Å²) in [6, 6.07) is 0.825. The van der Waals surface area contributed by atoms with Gasteiger partial charge in [-0.25, -0.2) is 0 Å². The van der Waals surface area contributed by atoms with Crippen molar-refractivity contribution in [2.75, 3.05) is 83.2 Å². The third-order valence-corrected chi connectivity index (χ3v) is 6.58. The fraction of sp³-hybridized carbons (Fsp3) is 1.00. The van der Waals surface area contributed by atoms with Gasteiger partial charge in [0.1, 0.15) is 0 Å². The monoisotopic (exact) mass is 335 g/mol. The highest BCUT2D eigenvalue weighted by Crippen LogP contribution is 2.31. The summed E-state index contributed by atoms with van der Waals surface area (Å²) in [6.07, 6.45) is 1.00. The molecule has 0 rings (SSSR count). The van der Waals surface area contributed by atoms with Crippen LogP contribution in [0.3, 0.4) is 0 Å². The maximum atomic E-state index is 5.60. The van der Waals surface area contributed by atoms with Gasteiger partial charge in [0.25, 0.3) is 0 Å². The first-order chi connectivity index (χ1) is 10.1. The molecular formula is C15H37N3O3Si. The second-order valence-corrected chi connectivity index (χ2v) is 10.1. The molecule has 22 heavy (non-hydrogen) atoms. The first-order valence-corrected chi connectivity index (χ1v) is 9.67. The van der Waals surface area contributed by atoms with Gasteiger partial charge in [0, 0.05) is 52.4 Å². The van der Waals surface area contributed by atoms with Crippen molar-refractivity contribution in [3.8, 4) is 0 Å². The van der Waals surface area contributed by atoms with Crippen LogP contribution in [0.25, 0.3) is 0 Å². The van der Waals surface area contributed by atoms with Crippen LogP contribution in [0.2, 0.25) is 6.04 Å². The quantitative estimate of drug-likeness (QED) is 0.494. The highest BCUT2D eigenvalue weighted by Gasteiger charge is 2.42. The van der Waals surface area contributed by atoms with Gasteiger partial charge in [-0.3, -0.25) is 0 Å². The fourth-order valence-electron chi connectivity index (χ4n) is 3.37. The zero-order valence-electron chi connectivity index (χ0n) is 16.1. The van der Waals surface area contributed by atoms with Gasteiger partial charge in [0.15, 0.2) is 0 Å². The molecule has 0 aliphatic rings. The summed E-state index contributed by atoms with van der Waals surface area (Å²) in [4.78, 5) is 6.80. The van der Waals surface area contributed by atoms with Gasteiger partial charge >= 0.3 is 8.80 Å². The summed E-state index contributed by atoms with van der Waals surface area (Å²) in [5.74, 6) is 0. The highest BCUT2D eigenvalue weighted by atomic mass is 28.4. The molecule has 0 saturated heterocycles. The van der Waals surface area contributed by atoms with E-state index >= 15 is 0 Å². The smallest absolute Gasteiger partial charge is 0.377 e. The molecule has 0 N–H and O–H groups in total. The summed E-state index contributed by atoms with van der Waals surface area (Å²) in [5.41, 5.74) is 0.143. The van der Waals surface area contributed by atoms with Crippen molar-refractivity contribution in [1.29, 1.82) is 0 Å². The Balaban J connectivity index is 5.25. The molecule has 134 valence electrons. The first kappa shape index (κ1) is 22.0. The summed E-state index contributed by atoms with van der Waals surface area (Å²) in [7, 11) is 15.3. The predicted octanol–water partition coefficient (Wildman–Crippen LogP) is 0.926. The summed E-state index contributed by atoms with van der Waals surface area (Å²) < 4.78 is 16.8. The molecule has 7 heteroatoms. The van der Waals surface area contributed by atoms with Gasteiger partial charge in [0.05, 0.1) is 0 Å². The second-order valence-electron chi connectivity index (χ2n) is 7.01. The van der Waals surface area contributed by atoms with Gasteiger partial charge in [-0.2, -0.15) is 0 Å². The van der Waals surface area contributed by atoms with E-state index in [1.165, 1.54) is 0 Å². The van der Waals surface area contributed by atoms with Crippen LogP contribution < -0.4 is 0 Å². The summed E-state index contributed by atoms with van der Waals surface area (Å²) in [5, 5.41) is 0. The second kappa shape index (κ2) is 9.97. The molecule has 0 radical (unpaired) electrons. The third-order valence-electron chi connectivity index (χ3n) is 3.85. The van der Waals surface area contributed by atoms with E-state index in [0.29, 0.717) is 0 Å². The Labute approximate surface area is 138 Å². The van der Waals surface area contributed by atoms with Crippen LogP contribution in [-0.2, 0) is 13.3 Å². The molecule has 0 fully saturated rings. The van der Waals surface area contributed by atoms with Gasteiger partial charge in [-0.1, -0.05) is 0 Å². The van der Waals surface area contributed by atoms with E-state index in [-0.39, 0.29) is 5.41 Å². The van der Waals surface area contributed by atoms with Crippen molar-refractivity contribution in [1.82, 2.24) is 14.7 Å². The molecule has 0 atom stereocenters. The lowest BCUT2D eigenvalue weighted by atomic mass is 9.83. The Morgan fingerprint density at radius 1 is 0.682 bits per heavy atom. The molecule has 0 heterocycles. The van der Waals surface area contributed by atoms with E-state index in [1.54, 1.807) is 21.3 Å². The molecule has 0 amide bonds. The molecule has 6 nitrogen and oxygen atoms in total. The maximum Gasteiger partial charge on any atom is 0.500 e. The number of nitrogens with zero attached hydrogens (tertiary/aromatic N) is 3. The zero-order chi connectivity index (χ0) is 17.4. The molecule has 0 aliphatic heterocycles. The van der Waals surface area contributed by atoms with Crippen molar-refractivity contribution in [2.45, 2.75) is 12.5 Å². The average molecular weight is 336 g/mol. The van der Waals surface area contributed by atoms with E-state index < -0.39 is 8.80 Å². The predicted molar refractivity (Wildman–Crippen MR) is 94.3 cm³/mol. The van der Waals surface area contributed by atoms with E-state index in [0.717, 1.165) is 32.1 Å². The fourth-order valence-corrected chi connectivity index (χ4v) is 5.32. The highest BCUT2D eigenvalue weighted by molar-refractivity contribution is 6.60. The SMILES string of the molecule is CO[Si](CCC(CN(C)C)(CN(C)C)CN(C)C)(OC)OC. The van der Waals surface area contributed by atoms with Crippen molar-refractivity contribution >= 4 is 8.80 Å². The molecular weight excluding hydrogens is 298 g/mol. The van der Waals surface area contributed by atoms with Gasteiger partial charge < -0.3 is 28.0 Å². The van der Waals surface area contributed by atoms with Gasteiger partial charge in [0.2, 0.25) is 0 Å². The molecule has 0 aromatic carbocycles. The standard InChI is InChI=1S/C15H37N3O3Si/c1-16(2)12-15(13-17(3)4,14-18(5)6)10-11-22(19-7,20-8)21-9/h10-14H2,1-9H3. The van der Waals surface area contributed by atoms with Crippen LogP contribution in [0.5, 0.6) is 0 Å². The van der Waals surface area contributed by atoms with Crippen LogP contribution in [0, 0.1) is 5.41 Å². The van der Waals surface area contributed by atoms with Crippen molar-refractivity contribution < 1.29 is 13.3 Å². The Hall–Kier alpha value is -0.0231. The van der Waals surface area contributed by atoms with E-state index in [2.05, 4.69) is 57.0 Å². The Morgan fingerprint density at radius 3 is 1.23 bits per heavy atom. The van der Waals surface area contributed by atoms with Crippen LogP contribution in [-0.4, -0.2) is 107 Å². The van der Waals surface area contributed by atoms with E-state index in [4.69, 9.17) is 13.3 Å². The van der Waals surface area contributed by atoms with Gasteiger partial charge in [-0.15, -0.1) is 0 Å². The lowest BCUT2D eigenvalue weighted by molar-refractivity contribution is 0.0821. The molecule has 0 unspecified atom stereocenters. The minimum absolute atomic E-state index is 0.143. The zero-order valence-corrected chi connectivity index (χ0v) is 17.1. The Morgan fingerprint density at radius 2 is 1.00 bits per heavy atom. The molecule has 0 spiro atoms. The van der Waals surface area contributed by atoms with Crippen LogP contribution in [0.1, 0.15) is 6.42 Å². The third kappa shape index (κ3) is 7.50. The van der Waals surface area contributed by atoms with E-state index in [9.17, 15) is 0 Å². The Kier molecular flexibility index (Phi) is 9.96. The molecule has 0 saturated carbocycles. The van der Waals surface area contributed by atoms with Crippen molar-refractivity contribution in [3.63, 3.8) is 0 Å². The number of hydrogen-bond acceptors (Lipinski definition) is 6. The normalized spacial score (nSPS) is 13.6. The van der Waals surface area contributed by atoms with Crippen molar-refractivity contribution in [2.24, 2.45) is 5.41 Å². The summed E-state index contributed by atoms with van der Waals surface area (Å²) >= 11 is 0. The molecule has 0 bridgehead atoms. The Bertz CT molecular complexity index is 263. The van der Waals surface area contributed by atoms with E-state index in [1.807, 2.05) is 0 Å². The molecule has 0 aromatic heterocycles.